The summed E-state index contributed by atoms with van der Waals surface area (Å²) in [6, 6.07) is 0. The van der Waals surface area contributed by atoms with Crippen LogP contribution in [0.2, 0.25) is 0 Å². The normalized spacial score (nSPS) is 19.3. The lowest BCUT2D eigenvalue weighted by molar-refractivity contribution is 0.0512. The zero-order chi connectivity index (χ0) is 17.0. The summed E-state index contributed by atoms with van der Waals surface area (Å²) >= 11 is 0. The Morgan fingerprint density at radius 1 is 1.39 bits per heavy atom. The largest absolute Gasteiger partial charge is 0.385 e. The maximum Gasteiger partial charge on any atom is 0.213 e. The molecule has 1 aromatic heterocycles. The lowest BCUT2D eigenvalue weighted by Crippen LogP contribution is -2.37. The van der Waals surface area contributed by atoms with E-state index in [-0.39, 0.29) is 11.7 Å². The fraction of sp³-hybridized carbons (Fsp3) is 0.800. The van der Waals surface area contributed by atoms with Gasteiger partial charge in [-0.05, 0) is 44.8 Å². The van der Waals surface area contributed by atoms with Crippen LogP contribution in [0.15, 0.2) is 12.4 Å². The fourth-order valence-electron chi connectivity index (χ4n) is 3.02. The molecule has 7 nitrogen and oxygen atoms in total. The van der Waals surface area contributed by atoms with Gasteiger partial charge in [-0.25, -0.2) is 17.7 Å². The van der Waals surface area contributed by atoms with Gasteiger partial charge in [-0.1, -0.05) is 0 Å². The summed E-state index contributed by atoms with van der Waals surface area (Å²) < 4.78 is 26.6. The first-order valence-corrected chi connectivity index (χ1v) is 9.70. The minimum atomic E-state index is -3.10. The van der Waals surface area contributed by atoms with E-state index in [4.69, 9.17) is 0 Å². The van der Waals surface area contributed by atoms with E-state index in [1.54, 1.807) is 20.3 Å². The van der Waals surface area contributed by atoms with Crippen molar-refractivity contribution < 1.29 is 13.5 Å². The Hall–Kier alpha value is -0.960. The third-order valence-corrected chi connectivity index (χ3v) is 6.55. The second-order valence-electron chi connectivity index (χ2n) is 6.47. The summed E-state index contributed by atoms with van der Waals surface area (Å²) in [5, 5.41) is 10.5. The molecular formula is C15H28N4O3S. The third kappa shape index (κ3) is 4.76. The molecule has 0 amide bonds. The summed E-state index contributed by atoms with van der Waals surface area (Å²) in [7, 11) is 1.93. The van der Waals surface area contributed by atoms with Crippen LogP contribution in [0.1, 0.15) is 31.2 Å². The number of hydrogen-bond acceptors (Lipinski definition) is 5. The highest BCUT2D eigenvalue weighted by Crippen LogP contribution is 2.29. The minimum absolute atomic E-state index is 0.190. The molecule has 23 heavy (non-hydrogen) atoms. The molecule has 1 aliphatic heterocycles. The topological polar surface area (TPSA) is 78.7 Å². The zero-order valence-corrected chi connectivity index (χ0v) is 15.0. The van der Waals surface area contributed by atoms with Crippen LogP contribution >= 0.6 is 0 Å². The van der Waals surface area contributed by atoms with E-state index in [9.17, 15) is 13.5 Å². The molecule has 132 valence electrons. The molecule has 0 radical (unpaired) electrons. The maximum atomic E-state index is 11.7. The molecule has 8 heteroatoms. The number of likely N-dealkylation sites (tertiary alicyclic amines) is 1. The standard InChI is InChI=1S/C15H28N4O3S/c1-17(2)23(21,22)12-4-8-19-9-5-13(6-10-19)14(20)15-16-7-11-18(15)3/h7,11,13-14,20H,4-6,8-10,12H2,1-3H3/t14-/m1/s1. The Morgan fingerprint density at radius 3 is 2.57 bits per heavy atom. The molecule has 0 spiro atoms. The van der Waals surface area contributed by atoms with Crippen molar-refractivity contribution in [2.45, 2.75) is 25.4 Å². The van der Waals surface area contributed by atoms with Crippen molar-refractivity contribution in [3.8, 4) is 0 Å². The van der Waals surface area contributed by atoms with Gasteiger partial charge in [0.05, 0.1) is 5.75 Å². The van der Waals surface area contributed by atoms with Crippen LogP contribution in [0, 0.1) is 5.92 Å². The summed E-state index contributed by atoms with van der Waals surface area (Å²) in [6.45, 7) is 2.58. The molecule has 1 saturated heterocycles. The van der Waals surface area contributed by atoms with Gasteiger partial charge in [-0.15, -0.1) is 0 Å². The predicted octanol–water partition coefficient (Wildman–Crippen LogP) is 0.447. The fourth-order valence-corrected chi connectivity index (χ4v) is 3.88. The average molecular weight is 344 g/mol. The van der Waals surface area contributed by atoms with Crippen LogP contribution in [-0.2, 0) is 17.1 Å². The van der Waals surface area contributed by atoms with Crippen LogP contribution in [0.5, 0.6) is 0 Å². The predicted molar refractivity (Wildman–Crippen MR) is 89.4 cm³/mol. The number of aliphatic hydroxyl groups is 1. The number of piperidine rings is 1. The third-order valence-electron chi connectivity index (χ3n) is 4.63. The molecule has 0 aliphatic carbocycles. The van der Waals surface area contributed by atoms with Crippen molar-refractivity contribution in [3.63, 3.8) is 0 Å². The number of sulfonamides is 1. The van der Waals surface area contributed by atoms with E-state index in [1.165, 1.54) is 4.31 Å². The SMILES string of the molecule is CN(C)S(=O)(=O)CCCN1CCC([C@@H](O)c2nccn2C)CC1. The highest BCUT2D eigenvalue weighted by atomic mass is 32.2. The molecule has 0 saturated carbocycles. The molecule has 1 aliphatic rings. The monoisotopic (exact) mass is 344 g/mol. The molecule has 2 rings (SSSR count). The van der Waals surface area contributed by atoms with Crippen LogP contribution in [0.3, 0.4) is 0 Å². The highest BCUT2D eigenvalue weighted by molar-refractivity contribution is 7.89. The molecule has 1 N–H and O–H groups in total. The van der Waals surface area contributed by atoms with Gasteiger partial charge in [0.1, 0.15) is 11.9 Å². The first kappa shape index (κ1) is 18.4. The molecule has 1 atom stereocenters. The van der Waals surface area contributed by atoms with Crippen LogP contribution in [0.4, 0.5) is 0 Å². The molecule has 1 fully saturated rings. The Morgan fingerprint density at radius 2 is 2.04 bits per heavy atom. The number of nitrogens with zero attached hydrogens (tertiary/aromatic N) is 4. The second kappa shape index (κ2) is 7.74. The van der Waals surface area contributed by atoms with Gasteiger partial charge in [0, 0.05) is 33.5 Å². The van der Waals surface area contributed by atoms with E-state index < -0.39 is 16.1 Å². The number of hydrogen-bond donors (Lipinski definition) is 1. The quantitative estimate of drug-likeness (QED) is 0.777. The van der Waals surface area contributed by atoms with E-state index >= 15 is 0 Å². The lowest BCUT2D eigenvalue weighted by atomic mass is 9.90. The molecule has 2 heterocycles. The van der Waals surface area contributed by atoms with Crippen LogP contribution in [0.25, 0.3) is 0 Å². The van der Waals surface area contributed by atoms with Crippen molar-refractivity contribution in [3.05, 3.63) is 18.2 Å². The van der Waals surface area contributed by atoms with E-state index in [1.807, 2.05) is 17.8 Å². The van der Waals surface area contributed by atoms with Crippen molar-refractivity contribution >= 4 is 10.0 Å². The van der Waals surface area contributed by atoms with Gasteiger partial charge < -0.3 is 14.6 Å². The molecule has 1 aromatic rings. The number of aliphatic hydroxyl groups excluding tert-OH is 1. The van der Waals surface area contributed by atoms with Crippen molar-refractivity contribution in [2.24, 2.45) is 13.0 Å². The maximum absolute atomic E-state index is 11.7. The van der Waals surface area contributed by atoms with Gasteiger partial charge in [-0.2, -0.15) is 0 Å². The first-order valence-electron chi connectivity index (χ1n) is 8.09. The Balaban J connectivity index is 1.75. The van der Waals surface area contributed by atoms with Gasteiger partial charge in [-0.3, -0.25) is 0 Å². The van der Waals surface area contributed by atoms with Crippen molar-refractivity contribution in [1.82, 2.24) is 18.8 Å². The Kier molecular flexibility index (Phi) is 6.19. The van der Waals surface area contributed by atoms with E-state index in [2.05, 4.69) is 9.88 Å². The highest BCUT2D eigenvalue weighted by Gasteiger charge is 2.28. The summed E-state index contributed by atoms with van der Waals surface area (Å²) in [5.74, 6) is 1.13. The molecule has 0 bridgehead atoms. The van der Waals surface area contributed by atoms with E-state index in [0.29, 0.717) is 6.42 Å². The number of imidazole rings is 1. The molecule has 0 unspecified atom stereocenters. The Bertz CT molecular complexity index is 592. The molecule has 0 aromatic carbocycles. The number of aryl methyl sites for hydroxylation is 1. The summed E-state index contributed by atoms with van der Waals surface area (Å²) in [5.41, 5.74) is 0. The summed E-state index contributed by atoms with van der Waals surface area (Å²) in [4.78, 5) is 6.52. The van der Waals surface area contributed by atoms with E-state index in [0.717, 1.165) is 38.3 Å². The second-order valence-corrected chi connectivity index (χ2v) is 8.77. The van der Waals surface area contributed by atoms with Crippen LogP contribution < -0.4 is 0 Å². The average Bonchev–Trinajstić information content (AvgIpc) is 2.93. The van der Waals surface area contributed by atoms with Crippen molar-refractivity contribution in [1.29, 1.82) is 0 Å². The summed E-state index contributed by atoms with van der Waals surface area (Å²) in [6.07, 6.45) is 5.50. The van der Waals surface area contributed by atoms with Gasteiger partial charge in [0.2, 0.25) is 10.0 Å². The Labute approximate surface area is 139 Å². The van der Waals surface area contributed by atoms with Gasteiger partial charge >= 0.3 is 0 Å². The van der Waals surface area contributed by atoms with Crippen molar-refractivity contribution in [2.75, 3.05) is 39.5 Å². The van der Waals surface area contributed by atoms with Gasteiger partial charge in [0.25, 0.3) is 0 Å². The van der Waals surface area contributed by atoms with Gasteiger partial charge in [0.15, 0.2) is 0 Å². The smallest absolute Gasteiger partial charge is 0.213 e. The first-order chi connectivity index (χ1) is 10.8. The number of rotatable bonds is 7. The van der Waals surface area contributed by atoms with Crippen LogP contribution in [-0.4, -0.2) is 71.8 Å². The zero-order valence-electron chi connectivity index (χ0n) is 14.2. The lowest BCUT2D eigenvalue weighted by Gasteiger charge is -2.34. The minimum Gasteiger partial charge on any atom is -0.385 e. The molecular weight excluding hydrogens is 316 g/mol. The number of aromatic nitrogens is 2.